The summed E-state index contributed by atoms with van der Waals surface area (Å²) in [7, 11) is 0. The zero-order chi connectivity index (χ0) is 13.4. The van der Waals surface area contributed by atoms with Crippen LogP contribution in [-0.4, -0.2) is 29.1 Å². The van der Waals surface area contributed by atoms with Gasteiger partial charge in [-0.2, -0.15) is 0 Å². The average molecular weight is 255 g/mol. The van der Waals surface area contributed by atoms with Crippen LogP contribution >= 0.6 is 0 Å². The molecule has 0 aliphatic carbocycles. The van der Waals surface area contributed by atoms with E-state index in [2.05, 4.69) is 17.2 Å². The number of aliphatic hydroxyl groups is 1. The molecule has 6 heteroatoms. The van der Waals surface area contributed by atoms with Crippen molar-refractivity contribution in [3.05, 3.63) is 17.8 Å². The minimum Gasteiger partial charge on any atom is -0.446 e. The van der Waals surface area contributed by atoms with Gasteiger partial charge in [-0.25, -0.2) is 4.98 Å². The Morgan fingerprint density at radius 2 is 2.33 bits per heavy atom. The third-order valence-electron chi connectivity index (χ3n) is 2.58. The number of carbonyl (C=O) groups excluding carboxylic acids is 1. The molecule has 1 aromatic heterocycles. The lowest BCUT2D eigenvalue weighted by atomic mass is 10.2. The molecule has 0 aromatic carbocycles. The van der Waals surface area contributed by atoms with Crippen molar-refractivity contribution < 1.29 is 14.3 Å². The minimum absolute atomic E-state index is 0.175. The second-order valence-corrected chi connectivity index (χ2v) is 4.18. The first kappa shape index (κ1) is 14.7. The Labute approximate surface area is 107 Å². The second-order valence-electron chi connectivity index (χ2n) is 4.18. The zero-order valence-electron chi connectivity index (χ0n) is 10.7. The lowest BCUT2D eigenvalue weighted by molar-refractivity contribution is 0.0948. The Bertz CT molecular complexity index is 365. The van der Waals surface area contributed by atoms with Gasteiger partial charge < -0.3 is 20.6 Å². The lowest BCUT2D eigenvalue weighted by Gasteiger charge is -2.02. The zero-order valence-corrected chi connectivity index (χ0v) is 10.7. The van der Waals surface area contributed by atoms with Crippen LogP contribution < -0.4 is 11.1 Å². The van der Waals surface area contributed by atoms with E-state index in [0.29, 0.717) is 6.54 Å². The molecule has 1 amide bonds. The summed E-state index contributed by atoms with van der Waals surface area (Å²) in [6.45, 7) is 2.51. The molecule has 0 bridgehead atoms. The Kier molecular flexibility index (Phi) is 6.38. The van der Waals surface area contributed by atoms with Gasteiger partial charge in [0.2, 0.25) is 5.89 Å². The van der Waals surface area contributed by atoms with E-state index in [9.17, 15) is 4.79 Å². The molecule has 0 aliphatic heterocycles. The standard InChI is InChI=1S/C12H21N3O3/c1-2-3-4-5-6-14-11(17)10-8-18-12(15-10)9(13)7-16/h8-9,16H,2-7,13H2,1H3,(H,14,17). The third kappa shape index (κ3) is 4.46. The fourth-order valence-electron chi connectivity index (χ4n) is 1.48. The van der Waals surface area contributed by atoms with E-state index in [1.165, 1.54) is 19.1 Å². The molecule has 1 rings (SSSR count). The number of nitrogens with zero attached hydrogens (tertiary/aromatic N) is 1. The first-order valence-electron chi connectivity index (χ1n) is 6.29. The van der Waals surface area contributed by atoms with E-state index >= 15 is 0 Å². The molecule has 1 heterocycles. The fraction of sp³-hybridized carbons (Fsp3) is 0.667. The summed E-state index contributed by atoms with van der Waals surface area (Å²) in [5, 5.41) is 11.6. The monoisotopic (exact) mass is 255 g/mol. The van der Waals surface area contributed by atoms with Gasteiger partial charge in [-0.05, 0) is 6.42 Å². The van der Waals surface area contributed by atoms with Gasteiger partial charge in [0.15, 0.2) is 5.69 Å². The number of oxazole rings is 1. The van der Waals surface area contributed by atoms with E-state index in [1.807, 2.05) is 0 Å². The second kappa shape index (κ2) is 7.84. The highest BCUT2D eigenvalue weighted by Gasteiger charge is 2.15. The minimum atomic E-state index is -0.684. The molecular formula is C12H21N3O3. The molecule has 102 valence electrons. The van der Waals surface area contributed by atoms with Crippen LogP contribution in [0.25, 0.3) is 0 Å². The van der Waals surface area contributed by atoms with Crippen LogP contribution in [0, 0.1) is 0 Å². The molecule has 18 heavy (non-hydrogen) atoms. The van der Waals surface area contributed by atoms with Gasteiger partial charge in [-0.1, -0.05) is 26.2 Å². The number of rotatable bonds is 8. The summed E-state index contributed by atoms with van der Waals surface area (Å²) in [5.41, 5.74) is 5.72. The molecule has 0 aliphatic rings. The van der Waals surface area contributed by atoms with Crippen molar-refractivity contribution in [2.24, 2.45) is 5.73 Å². The van der Waals surface area contributed by atoms with Crippen molar-refractivity contribution >= 4 is 5.91 Å². The topological polar surface area (TPSA) is 101 Å². The summed E-state index contributed by atoms with van der Waals surface area (Å²) < 4.78 is 5.03. The summed E-state index contributed by atoms with van der Waals surface area (Å²) >= 11 is 0. The molecule has 0 saturated heterocycles. The predicted molar refractivity (Wildman–Crippen MR) is 67.0 cm³/mol. The summed E-state index contributed by atoms with van der Waals surface area (Å²) in [6.07, 6.45) is 5.66. The van der Waals surface area contributed by atoms with Crippen LogP contribution in [0.2, 0.25) is 0 Å². The van der Waals surface area contributed by atoms with Gasteiger partial charge >= 0.3 is 0 Å². The molecule has 1 unspecified atom stereocenters. The molecule has 1 atom stereocenters. The molecular weight excluding hydrogens is 234 g/mol. The van der Waals surface area contributed by atoms with Crippen molar-refractivity contribution in [1.29, 1.82) is 0 Å². The van der Waals surface area contributed by atoms with Crippen molar-refractivity contribution in [1.82, 2.24) is 10.3 Å². The van der Waals surface area contributed by atoms with Gasteiger partial charge in [0.05, 0.1) is 6.61 Å². The first-order chi connectivity index (χ1) is 8.69. The SMILES string of the molecule is CCCCCCNC(=O)c1coc(C(N)CO)n1. The molecule has 0 saturated carbocycles. The third-order valence-corrected chi connectivity index (χ3v) is 2.58. The van der Waals surface area contributed by atoms with Gasteiger partial charge in [-0.3, -0.25) is 4.79 Å². The predicted octanol–water partition coefficient (Wildman–Crippen LogP) is 0.977. The Hall–Kier alpha value is -1.40. The van der Waals surface area contributed by atoms with Gasteiger partial charge in [0.25, 0.3) is 5.91 Å². The van der Waals surface area contributed by atoms with E-state index in [1.54, 1.807) is 0 Å². The van der Waals surface area contributed by atoms with Crippen LogP contribution in [0.5, 0.6) is 0 Å². The fourth-order valence-corrected chi connectivity index (χ4v) is 1.48. The lowest BCUT2D eigenvalue weighted by Crippen LogP contribution is -2.25. The number of carbonyl (C=O) groups is 1. The van der Waals surface area contributed by atoms with E-state index in [4.69, 9.17) is 15.3 Å². The number of amides is 1. The highest BCUT2D eigenvalue weighted by Crippen LogP contribution is 2.09. The number of aliphatic hydroxyl groups excluding tert-OH is 1. The number of nitrogens with two attached hydrogens (primary N) is 1. The van der Waals surface area contributed by atoms with E-state index < -0.39 is 6.04 Å². The quantitative estimate of drug-likeness (QED) is 0.601. The molecule has 4 N–H and O–H groups in total. The van der Waals surface area contributed by atoms with Gasteiger partial charge in [-0.15, -0.1) is 0 Å². The highest BCUT2D eigenvalue weighted by molar-refractivity contribution is 5.91. The number of aromatic nitrogens is 1. The highest BCUT2D eigenvalue weighted by atomic mass is 16.3. The average Bonchev–Trinajstić information content (AvgIpc) is 2.87. The maximum atomic E-state index is 11.7. The molecule has 6 nitrogen and oxygen atoms in total. The maximum Gasteiger partial charge on any atom is 0.273 e. The number of hydrogen-bond donors (Lipinski definition) is 3. The van der Waals surface area contributed by atoms with Gasteiger partial charge in [0.1, 0.15) is 12.3 Å². The molecule has 0 spiro atoms. The van der Waals surface area contributed by atoms with Crippen molar-refractivity contribution in [2.45, 2.75) is 38.6 Å². The smallest absolute Gasteiger partial charge is 0.273 e. The summed E-state index contributed by atoms with van der Waals surface area (Å²) in [6, 6.07) is -0.684. The number of nitrogens with one attached hydrogen (secondary N) is 1. The number of unbranched alkanes of at least 4 members (excludes halogenated alkanes) is 3. The molecule has 1 aromatic rings. The Balaban J connectivity index is 2.35. The Morgan fingerprint density at radius 3 is 3.00 bits per heavy atom. The summed E-state index contributed by atoms with van der Waals surface area (Å²) in [4.78, 5) is 15.6. The van der Waals surface area contributed by atoms with E-state index in [-0.39, 0.29) is 24.1 Å². The van der Waals surface area contributed by atoms with Crippen LogP contribution in [0.3, 0.4) is 0 Å². The maximum absolute atomic E-state index is 11.7. The van der Waals surface area contributed by atoms with Crippen LogP contribution in [0.4, 0.5) is 0 Å². The van der Waals surface area contributed by atoms with Crippen LogP contribution in [0.15, 0.2) is 10.7 Å². The Morgan fingerprint density at radius 1 is 1.56 bits per heavy atom. The summed E-state index contributed by atoms with van der Waals surface area (Å²) in [5.74, 6) is -0.0970. The van der Waals surface area contributed by atoms with Crippen molar-refractivity contribution in [3.8, 4) is 0 Å². The van der Waals surface area contributed by atoms with Crippen molar-refractivity contribution in [2.75, 3.05) is 13.2 Å². The number of hydrogen-bond acceptors (Lipinski definition) is 5. The molecule has 0 radical (unpaired) electrons. The van der Waals surface area contributed by atoms with Crippen LogP contribution in [0.1, 0.15) is 55.0 Å². The largest absolute Gasteiger partial charge is 0.446 e. The molecule has 0 fully saturated rings. The normalized spacial score (nSPS) is 12.4. The van der Waals surface area contributed by atoms with Crippen LogP contribution in [-0.2, 0) is 0 Å². The van der Waals surface area contributed by atoms with E-state index in [0.717, 1.165) is 12.8 Å². The first-order valence-corrected chi connectivity index (χ1v) is 6.29. The van der Waals surface area contributed by atoms with Crippen molar-refractivity contribution in [3.63, 3.8) is 0 Å². The van der Waals surface area contributed by atoms with Gasteiger partial charge in [0, 0.05) is 6.54 Å².